The number of nitrogens with zero attached hydrogens (tertiary/aromatic N) is 10. The lowest BCUT2D eigenvalue weighted by Crippen LogP contribution is -2.65. The van der Waals surface area contributed by atoms with Crippen LogP contribution in [0.5, 0.6) is 0 Å². The van der Waals surface area contributed by atoms with Gasteiger partial charge in [-0.2, -0.15) is 0 Å². The smallest absolute Gasteiger partial charge is 0.252 e. The van der Waals surface area contributed by atoms with Crippen molar-refractivity contribution >= 4 is 149 Å². The minimum Gasteiger partial charge on any atom is -0.311 e. The molecule has 0 saturated heterocycles. The molecule has 0 fully saturated rings. The molecule has 0 bridgehead atoms. The molecule has 0 aliphatic carbocycles. The van der Waals surface area contributed by atoms with Gasteiger partial charge < -0.3 is 29.4 Å². The van der Waals surface area contributed by atoms with Gasteiger partial charge in [0.25, 0.3) is 13.4 Å². The van der Waals surface area contributed by atoms with Gasteiger partial charge in [0, 0.05) is 121 Å². The monoisotopic (exact) mass is 1250 g/mol. The molecule has 2 aromatic heterocycles. The van der Waals surface area contributed by atoms with Crippen molar-refractivity contribution in [3.8, 4) is 22.8 Å². The van der Waals surface area contributed by atoms with Crippen molar-refractivity contribution in [2.45, 2.75) is 0 Å². The summed E-state index contributed by atoms with van der Waals surface area (Å²) in [6, 6.07) is 119. The van der Waals surface area contributed by atoms with Crippen LogP contribution in [0.3, 0.4) is 0 Å². The van der Waals surface area contributed by atoms with E-state index in [4.69, 9.17) is 19.9 Å². The highest BCUT2D eigenvalue weighted by Crippen LogP contribution is 2.54. The highest BCUT2D eigenvalue weighted by atomic mass is 15.2. The largest absolute Gasteiger partial charge is 0.311 e. The summed E-state index contributed by atoms with van der Waals surface area (Å²) in [7, 11) is 0. The molecule has 458 valence electrons. The Bertz CT molecular complexity index is 5360. The second kappa shape index (κ2) is 23.4. The predicted octanol–water partition coefficient (Wildman–Crippen LogP) is 17.7. The normalized spacial score (nSPS) is 12.8. The summed E-state index contributed by atoms with van der Waals surface area (Å²) in [5.41, 5.74) is 27.3. The fraction of sp³-hybridized carbons (Fsp3) is 0. The Hall–Kier alpha value is -13.1. The molecule has 0 amide bonds. The van der Waals surface area contributed by atoms with Crippen LogP contribution in [0.1, 0.15) is 0 Å². The molecule has 0 spiro atoms. The predicted molar refractivity (Wildman–Crippen MR) is 406 cm³/mol. The lowest BCUT2D eigenvalue weighted by molar-refractivity contribution is 1.15. The summed E-state index contributed by atoms with van der Waals surface area (Å²) in [5, 5.41) is 0. The topological polar surface area (TPSA) is 71.0 Å². The molecule has 0 saturated carbocycles. The van der Waals surface area contributed by atoms with Gasteiger partial charge in [0.15, 0.2) is 11.6 Å². The number of fused-ring (bicyclic) bond motifs is 8. The van der Waals surface area contributed by atoms with E-state index in [2.05, 4.69) is 345 Å². The Morgan fingerprint density at radius 2 is 0.531 bits per heavy atom. The van der Waals surface area contributed by atoms with Crippen molar-refractivity contribution in [2.75, 3.05) is 29.4 Å². The number of anilines is 18. The third-order valence-electron chi connectivity index (χ3n) is 19.5. The van der Waals surface area contributed by atoms with E-state index >= 15 is 0 Å². The van der Waals surface area contributed by atoms with E-state index in [1.165, 1.54) is 21.9 Å². The van der Waals surface area contributed by atoms with Gasteiger partial charge in [-0.1, -0.05) is 176 Å². The van der Waals surface area contributed by atoms with Gasteiger partial charge in [-0.25, -0.2) is 19.9 Å². The van der Waals surface area contributed by atoms with Crippen LogP contribution in [0, 0.1) is 0 Å². The molecule has 4 aliphatic rings. The van der Waals surface area contributed by atoms with Gasteiger partial charge in [-0.3, -0.25) is 0 Å². The van der Waals surface area contributed by atoms with Crippen LogP contribution in [0.15, 0.2) is 352 Å². The minimum absolute atomic E-state index is 0.243. The zero-order chi connectivity index (χ0) is 64.6. The second-order valence-electron chi connectivity index (χ2n) is 25.0. The van der Waals surface area contributed by atoms with Gasteiger partial charge in [0.1, 0.15) is 0 Å². The summed E-state index contributed by atoms with van der Waals surface area (Å²) in [6.07, 6.45) is 7.33. The van der Waals surface area contributed by atoms with Gasteiger partial charge in [-0.05, 0) is 184 Å². The fourth-order valence-corrected chi connectivity index (χ4v) is 15.6. The first kappa shape index (κ1) is 56.5. The summed E-state index contributed by atoms with van der Waals surface area (Å²) in [4.78, 5) is 35.3. The maximum atomic E-state index is 5.10. The van der Waals surface area contributed by atoms with Crippen LogP contribution < -0.4 is 62.2 Å². The molecule has 13 aromatic carbocycles. The number of para-hydroxylation sites is 10. The van der Waals surface area contributed by atoms with Crippen LogP contribution >= 0.6 is 0 Å². The SMILES string of the molecule is c1ccc(N(c2ccccc2)c2cc3c4c(c2)N(c2ccccc2)c2cc5c(cc2B4c2ccccc2N3c2ccccc2)B2c3ccccc3N(c3ccccc3)c3cc(N(c4ccccc4)c4ccccc4)cc(c32)N5c2c(-c3ncccn3)cccc2-c2ncccn2)cc1. The number of hydrogen-bond donors (Lipinski definition) is 0. The van der Waals surface area contributed by atoms with Crippen LogP contribution in [-0.2, 0) is 0 Å². The van der Waals surface area contributed by atoms with Gasteiger partial charge in [-0.15, -0.1) is 0 Å². The molecule has 4 aliphatic heterocycles. The Balaban J connectivity index is 0.980. The number of hydrogen-bond acceptors (Lipinski definition) is 10. The molecule has 15 aromatic rings. The van der Waals surface area contributed by atoms with Gasteiger partial charge in [0.2, 0.25) is 0 Å². The molecular weight excluding hydrogens is 1190 g/mol. The summed E-state index contributed by atoms with van der Waals surface area (Å²) in [5.74, 6) is 1.14. The minimum atomic E-state index is -0.293. The summed E-state index contributed by atoms with van der Waals surface area (Å²) < 4.78 is 0. The Morgan fingerprint density at radius 1 is 0.224 bits per heavy atom. The number of rotatable bonds is 12. The zero-order valence-corrected chi connectivity index (χ0v) is 53.1. The molecule has 0 unspecified atom stereocenters. The maximum absolute atomic E-state index is 5.10. The molecule has 19 rings (SSSR count). The fourth-order valence-electron chi connectivity index (χ4n) is 15.6. The Kier molecular flexibility index (Phi) is 13.5. The van der Waals surface area contributed by atoms with Crippen molar-refractivity contribution in [1.82, 2.24) is 19.9 Å². The number of aromatic nitrogens is 4. The van der Waals surface area contributed by atoms with Crippen molar-refractivity contribution in [3.05, 3.63) is 352 Å². The van der Waals surface area contributed by atoms with E-state index in [0.717, 1.165) is 124 Å². The third-order valence-corrected chi connectivity index (χ3v) is 19.5. The molecule has 10 nitrogen and oxygen atoms in total. The lowest BCUT2D eigenvalue weighted by Gasteiger charge is -2.48. The van der Waals surface area contributed by atoms with Crippen molar-refractivity contribution in [3.63, 3.8) is 0 Å². The molecule has 0 N–H and O–H groups in total. The van der Waals surface area contributed by atoms with Crippen LogP contribution in [0.4, 0.5) is 102 Å². The van der Waals surface area contributed by atoms with Crippen LogP contribution in [0.2, 0.25) is 0 Å². The molecule has 12 heteroatoms. The average molecular weight is 1250 g/mol. The first-order valence-corrected chi connectivity index (χ1v) is 33.3. The highest BCUT2D eigenvalue weighted by Gasteiger charge is 2.49. The van der Waals surface area contributed by atoms with E-state index in [1.54, 1.807) is 0 Å². The van der Waals surface area contributed by atoms with E-state index < -0.39 is 0 Å². The van der Waals surface area contributed by atoms with E-state index in [9.17, 15) is 0 Å². The molecule has 98 heavy (non-hydrogen) atoms. The van der Waals surface area contributed by atoms with Gasteiger partial charge in [0.05, 0.1) is 17.1 Å². The van der Waals surface area contributed by atoms with Crippen molar-refractivity contribution in [1.29, 1.82) is 0 Å². The maximum Gasteiger partial charge on any atom is 0.252 e. The lowest BCUT2D eigenvalue weighted by atomic mass is 9.30. The molecule has 0 atom stereocenters. The third kappa shape index (κ3) is 9.13. The molecule has 6 heterocycles. The number of benzene rings is 13. The van der Waals surface area contributed by atoms with Crippen molar-refractivity contribution < 1.29 is 0 Å². The van der Waals surface area contributed by atoms with E-state index in [0.29, 0.717) is 11.6 Å². The zero-order valence-electron chi connectivity index (χ0n) is 53.1. The quantitative estimate of drug-likeness (QED) is 0.110. The average Bonchev–Trinajstić information content (AvgIpc) is 0.684. The summed E-state index contributed by atoms with van der Waals surface area (Å²) >= 11 is 0. The van der Waals surface area contributed by atoms with E-state index in [-0.39, 0.29) is 13.4 Å². The first-order valence-electron chi connectivity index (χ1n) is 33.3. The van der Waals surface area contributed by atoms with Crippen molar-refractivity contribution in [2.24, 2.45) is 0 Å². The van der Waals surface area contributed by atoms with Crippen LogP contribution in [-0.4, -0.2) is 33.4 Å². The molecular formula is C86H58B2N10. The molecule has 0 radical (unpaired) electrons. The van der Waals surface area contributed by atoms with E-state index in [1.807, 2.05) is 36.9 Å². The van der Waals surface area contributed by atoms with Gasteiger partial charge >= 0.3 is 0 Å². The standard InChI is InChI=1S/C86H58B2N10/c1-8-29-59(30-9-1)93(60-31-10-2-11-32-60)66-53-78-82-80(55-66)97(65-41-20-7-21-42-65)76-58-77-73(57-72(76)87(82)70-45-22-24-47-74(70)95(78)63-37-16-5-17-38-63)88-71-46-23-25-48-75(71)96(64-39-18-6-19-40-64)79-54-67(94(61-33-12-3-13-34-61)62-35-14-4-15-36-62)56-81(83(79)88)98(77)84-68(85-89-49-27-50-90-85)43-26-44-69(84)86-91-51-28-52-92-86/h1-58H. The Labute approximate surface area is 569 Å². The second-order valence-corrected chi connectivity index (χ2v) is 25.0. The van der Waals surface area contributed by atoms with Crippen LogP contribution in [0.25, 0.3) is 22.8 Å². The Morgan fingerprint density at radius 3 is 0.898 bits per heavy atom. The first-order chi connectivity index (χ1) is 48.7. The summed E-state index contributed by atoms with van der Waals surface area (Å²) in [6.45, 7) is -0.536. The highest BCUT2D eigenvalue weighted by molar-refractivity contribution is 7.03.